The van der Waals surface area contributed by atoms with Crippen molar-refractivity contribution in [1.29, 1.82) is 0 Å². The molecule has 3 nitrogen and oxygen atoms in total. The first-order valence-electron chi connectivity index (χ1n) is 7.08. The smallest absolute Gasteiger partial charge is 0.127 e. The molecule has 2 aromatic rings. The number of rotatable bonds is 9. The van der Waals surface area contributed by atoms with Gasteiger partial charge in [-0.2, -0.15) is 0 Å². The van der Waals surface area contributed by atoms with Gasteiger partial charge in [0.05, 0.1) is 5.75 Å². The monoisotopic (exact) mass is 307 g/mol. The van der Waals surface area contributed by atoms with E-state index in [0.29, 0.717) is 0 Å². The van der Waals surface area contributed by atoms with Gasteiger partial charge in [-0.3, -0.25) is 0 Å². The SMILES string of the molecule is CCCNCCCc1nnc(CSc2ccccc2)s1. The second kappa shape index (κ2) is 9.10. The average molecular weight is 307 g/mol. The van der Waals surface area contributed by atoms with Gasteiger partial charge in [0.2, 0.25) is 0 Å². The molecule has 20 heavy (non-hydrogen) atoms. The Labute approximate surface area is 129 Å². The minimum atomic E-state index is 0.912. The minimum absolute atomic E-state index is 0.912. The van der Waals surface area contributed by atoms with Crippen molar-refractivity contribution in [3.8, 4) is 0 Å². The summed E-state index contributed by atoms with van der Waals surface area (Å²) in [4.78, 5) is 1.29. The summed E-state index contributed by atoms with van der Waals surface area (Å²) in [6.07, 6.45) is 3.37. The normalized spacial score (nSPS) is 10.8. The molecule has 0 aliphatic rings. The number of hydrogen-bond donors (Lipinski definition) is 1. The van der Waals surface area contributed by atoms with Crippen LogP contribution in [0.15, 0.2) is 35.2 Å². The Morgan fingerprint density at radius 3 is 2.70 bits per heavy atom. The molecule has 0 saturated carbocycles. The zero-order valence-electron chi connectivity index (χ0n) is 11.8. The summed E-state index contributed by atoms with van der Waals surface area (Å²) in [5.74, 6) is 0.912. The van der Waals surface area contributed by atoms with Crippen molar-refractivity contribution < 1.29 is 0 Å². The van der Waals surface area contributed by atoms with Crippen LogP contribution in [-0.2, 0) is 12.2 Å². The molecule has 0 amide bonds. The number of hydrogen-bond acceptors (Lipinski definition) is 5. The van der Waals surface area contributed by atoms with Gasteiger partial charge in [-0.05, 0) is 38.1 Å². The van der Waals surface area contributed by atoms with Crippen LogP contribution in [0.3, 0.4) is 0 Å². The van der Waals surface area contributed by atoms with E-state index in [4.69, 9.17) is 0 Å². The van der Waals surface area contributed by atoms with E-state index in [1.807, 2.05) is 17.8 Å². The Balaban J connectivity index is 1.69. The van der Waals surface area contributed by atoms with Gasteiger partial charge in [0, 0.05) is 11.3 Å². The summed E-state index contributed by atoms with van der Waals surface area (Å²) in [6.45, 7) is 4.37. The van der Waals surface area contributed by atoms with Crippen LogP contribution in [0.25, 0.3) is 0 Å². The van der Waals surface area contributed by atoms with E-state index >= 15 is 0 Å². The van der Waals surface area contributed by atoms with Crippen molar-refractivity contribution in [2.75, 3.05) is 13.1 Å². The Bertz CT molecular complexity index is 485. The van der Waals surface area contributed by atoms with Gasteiger partial charge in [0.25, 0.3) is 0 Å². The van der Waals surface area contributed by atoms with Gasteiger partial charge in [-0.25, -0.2) is 0 Å². The van der Waals surface area contributed by atoms with Crippen molar-refractivity contribution in [1.82, 2.24) is 15.5 Å². The van der Waals surface area contributed by atoms with Crippen molar-refractivity contribution in [2.24, 2.45) is 0 Å². The molecule has 1 aromatic carbocycles. The van der Waals surface area contributed by atoms with Crippen LogP contribution in [0, 0.1) is 0 Å². The highest BCUT2D eigenvalue weighted by atomic mass is 32.2. The number of benzene rings is 1. The molecule has 0 radical (unpaired) electrons. The summed E-state index contributed by atoms with van der Waals surface area (Å²) >= 11 is 3.56. The quantitative estimate of drug-likeness (QED) is 0.565. The third-order valence-electron chi connectivity index (χ3n) is 2.79. The van der Waals surface area contributed by atoms with Crippen LogP contribution in [0.1, 0.15) is 29.8 Å². The molecule has 1 aromatic heterocycles. The molecule has 0 saturated heterocycles. The lowest BCUT2D eigenvalue weighted by atomic mass is 10.3. The predicted octanol–water partition coefficient (Wildman–Crippen LogP) is 3.76. The van der Waals surface area contributed by atoms with E-state index in [-0.39, 0.29) is 0 Å². The highest BCUT2D eigenvalue weighted by Crippen LogP contribution is 2.24. The average Bonchev–Trinajstić information content (AvgIpc) is 2.94. The van der Waals surface area contributed by atoms with Crippen molar-refractivity contribution >= 4 is 23.1 Å². The second-order valence-electron chi connectivity index (χ2n) is 4.54. The fourth-order valence-corrected chi connectivity index (χ4v) is 3.57. The van der Waals surface area contributed by atoms with E-state index in [9.17, 15) is 0 Å². The second-order valence-corrected chi connectivity index (χ2v) is 6.74. The van der Waals surface area contributed by atoms with Gasteiger partial charge in [-0.15, -0.1) is 33.3 Å². The first kappa shape index (κ1) is 15.5. The summed E-state index contributed by atoms with van der Waals surface area (Å²) < 4.78 is 0. The third kappa shape index (κ3) is 5.61. The van der Waals surface area contributed by atoms with Crippen molar-refractivity contribution in [3.05, 3.63) is 40.3 Å². The molecule has 1 N–H and O–H groups in total. The maximum absolute atomic E-state index is 4.27. The topological polar surface area (TPSA) is 37.8 Å². The molecule has 0 atom stereocenters. The molecule has 0 fully saturated rings. The molecule has 0 aliphatic carbocycles. The van der Waals surface area contributed by atoms with Crippen LogP contribution < -0.4 is 5.32 Å². The number of aryl methyl sites for hydroxylation is 1. The van der Waals surface area contributed by atoms with E-state index in [1.165, 1.54) is 11.3 Å². The highest BCUT2D eigenvalue weighted by Gasteiger charge is 2.04. The van der Waals surface area contributed by atoms with Crippen LogP contribution in [0.4, 0.5) is 0 Å². The van der Waals surface area contributed by atoms with Crippen LogP contribution in [0.2, 0.25) is 0 Å². The molecular weight excluding hydrogens is 286 g/mol. The Morgan fingerprint density at radius 1 is 1.10 bits per heavy atom. The molecule has 0 unspecified atom stereocenters. The van der Waals surface area contributed by atoms with Gasteiger partial charge in [0.1, 0.15) is 10.0 Å². The fourth-order valence-electron chi connectivity index (χ4n) is 1.78. The first-order chi connectivity index (χ1) is 9.88. The lowest BCUT2D eigenvalue weighted by Gasteiger charge is -2.00. The summed E-state index contributed by atoms with van der Waals surface area (Å²) in [5.41, 5.74) is 0. The van der Waals surface area contributed by atoms with Gasteiger partial charge < -0.3 is 5.32 Å². The standard InChI is InChI=1S/C15H21N3S2/c1-2-10-16-11-6-9-14-17-18-15(20-14)12-19-13-7-4-3-5-8-13/h3-5,7-8,16H,2,6,9-12H2,1H3. The van der Waals surface area contributed by atoms with E-state index in [2.05, 4.69) is 46.7 Å². The molecule has 0 bridgehead atoms. The molecule has 2 rings (SSSR count). The maximum Gasteiger partial charge on any atom is 0.127 e. The van der Waals surface area contributed by atoms with Crippen LogP contribution >= 0.6 is 23.1 Å². The first-order valence-corrected chi connectivity index (χ1v) is 8.88. The zero-order chi connectivity index (χ0) is 14.0. The maximum atomic E-state index is 4.27. The molecule has 1 heterocycles. The Hall–Kier alpha value is -0.910. The molecule has 5 heteroatoms. The van der Waals surface area contributed by atoms with E-state index in [1.54, 1.807) is 11.3 Å². The number of thioether (sulfide) groups is 1. The molecular formula is C15H21N3S2. The third-order valence-corrected chi connectivity index (χ3v) is 4.97. The summed E-state index contributed by atoms with van der Waals surface area (Å²) in [7, 11) is 0. The van der Waals surface area contributed by atoms with Gasteiger partial charge >= 0.3 is 0 Å². The minimum Gasteiger partial charge on any atom is -0.317 e. The van der Waals surface area contributed by atoms with Crippen LogP contribution in [0.5, 0.6) is 0 Å². The molecule has 108 valence electrons. The van der Waals surface area contributed by atoms with Gasteiger partial charge in [-0.1, -0.05) is 25.1 Å². The van der Waals surface area contributed by atoms with Crippen LogP contribution in [-0.4, -0.2) is 23.3 Å². The highest BCUT2D eigenvalue weighted by molar-refractivity contribution is 7.98. The van der Waals surface area contributed by atoms with E-state index in [0.717, 1.165) is 41.7 Å². The van der Waals surface area contributed by atoms with Gasteiger partial charge in [0.15, 0.2) is 0 Å². The van der Waals surface area contributed by atoms with E-state index < -0.39 is 0 Å². The Morgan fingerprint density at radius 2 is 1.90 bits per heavy atom. The fraction of sp³-hybridized carbons (Fsp3) is 0.467. The summed E-state index contributed by atoms with van der Waals surface area (Å²) in [6, 6.07) is 10.4. The van der Waals surface area contributed by atoms with Crippen molar-refractivity contribution in [2.45, 2.75) is 36.8 Å². The number of nitrogens with one attached hydrogen (secondary N) is 1. The summed E-state index contributed by atoms with van der Waals surface area (Å²) in [5, 5.41) is 14.2. The number of nitrogens with zero attached hydrogens (tertiary/aromatic N) is 2. The largest absolute Gasteiger partial charge is 0.317 e. The lowest BCUT2D eigenvalue weighted by Crippen LogP contribution is -2.16. The Kier molecular flexibility index (Phi) is 7.05. The predicted molar refractivity (Wildman–Crippen MR) is 87.4 cm³/mol. The molecule has 0 spiro atoms. The lowest BCUT2D eigenvalue weighted by molar-refractivity contribution is 0.637. The van der Waals surface area contributed by atoms with Crippen molar-refractivity contribution in [3.63, 3.8) is 0 Å². The number of aromatic nitrogens is 2. The zero-order valence-corrected chi connectivity index (χ0v) is 13.5. The molecule has 0 aliphatic heterocycles.